The third-order valence-corrected chi connectivity index (χ3v) is 14.4. The summed E-state index contributed by atoms with van der Waals surface area (Å²) in [5.74, 6) is 0.863. The number of benzene rings is 1. The lowest BCUT2D eigenvalue weighted by Gasteiger charge is -2.44. The van der Waals surface area contributed by atoms with E-state index in [9.17, 15) is 13.9 Å². The van der Waals surface area contributed by atoms with Crippen LogP contribution >= 0.6 is 21.9 Å². The van der Waals surface area contributed by atoms with Crippen LogP contribution in [0.3, 0.4) is 0 Å². The standard InChI is InChI=1S/C34H48N4O3S2/c1-22-18-23(2)20-24(19-22)31-27(11-12-36-13-15-37(16-14-36)30-6-5-17-43(30,40)41)28-21-29(42-32(28)35-31)34(3,4)33(39)38-25-7-8-26(38)10-9-25/h18-21,25-26,30,35,40-41H,5-17H2,1-4H3. The number of rotatable bonds is 7. The minimum absolute atomic E-state index is 0.0545. The summed E-state index contributed by atoms with van der Waals surface area (Å²) in [5.41, 5.74) is 5.78. The fourth-order valence-electron chi connectivity index (χ4n) is 8.40. The molecule has 1 amide bonds. The lowest BCUT2D eigenvalue weighted by Crippen LogP contribution is -2.51. The summed E-state index contributed by atoms with van der Waals surface area (Å²) in [4.78, 5) is 27.2. The van der Waals surface area contributed by atoms with Crippen molar-refractivity contribution in [2.24, 2.45) is 0 Å². The normalized spacial score (nSPS) is 27.0. The maximum absolute atomic E-state index is 14.0. The summed E-state index contributed by atoms with van der Waals surface area (Å²) in [7, 11) is -2.47. The molecule has 234 valence electrons. The number of nitrogens with one attached hydrogen (secondary N) is 1. The van der Waals surface area contributed by atoms with Crippen molar-refractivity contribution in [2.45, 2.75) is 95.5 Å². The van der Waals surface area contributed by atoms with Gasteiger partial charge in [-0.05, 0) is 102 Å². The van der Waals surface area contributed by atoms with Crippen LogP contribution in [-0.4, -0.2) is 90.6 Å². The Labute approximate surface area is 262 Å². The van der Waals surface area contributed by atoms with Gasteiger partial charge in [0.05, 0.1) is 11.1 Å². The van der Waals surface area contributed by atoms with Crippen LogP contribution in [0.25, 0.3) is 21.5 Å². The highest BCUT2D eigenvalue weighted by molar-refractivity contribution is 8.25. The number of fused-ring (bicyclic) bond motifs is 3. The van der Waals surface area contributed by atoms with Crippen molar-refractivity contribution in [3.63, 3.8) is 0 Å². The van der Waals surface area contributed by atoms with E-state index in [1.54, 1.807) is 11.3 Å². The van der Waals surface area contributed by atoms with Crippen molar-refractivity contribution >= 4 is 38.1 Å². The molecular formula is C34H48N4O3S2. The van der Waals surface area contributed by atoms with Gasteiger partial charge in [-0.3, -0.25) is 18.8 Å². The number of aryl methyl sites for hydroxylation is 2. The van der Waals surface area contributed by atoms with Crippen LogP contribution in [0, 0.1) is 13.8 Å². The molecule has 4 aliphatic heterocycles. The van der Waals surface area contributed by atoms with Crippen LogP contribution < -0.4 is 0 Å². The fourth-order valence-corrected chi connectivity index (χ4v) is 11.7. The summed E-state index contributed by atoms with van der Waals surface area (Å²) < 4.78 is 21.0. The van der Waals surface area contributed by atoms with Gasteiger partial charge in [0.25, 0.3) is 0 Å². The first-order chi connectivity index (χ1) is 20.5. The highest BCUT2D eigenvalue weighted by Crippen LogP contribution is 2.53. The second-order valence-electron chi connectivity index (χ2n) is 14.2. The fraction of sp³-hybridized carbons (Fsp3) is 0.618. The van der Waals surface area contributed by atoms with Crippen LogP contribution in [0.5, 0.6) is 0 Å². The Morgan fingerprint density at radius 1 is 0.977 bits per heavy atom. The molecule has 3 aromatic rings. The quantitative estimate of drug-likeness (QED) is 0.264. The van der Waals surface area contributed by atoms with Gasteiger partial charge in [0.15, 0.2) is 0 Å². The van der Waals surface area contributed by atoms with Gasteiger partial charge in [-0.2, -0.15) is 10.6 Å². The van der Waals surface area contributed by atoms with Crippen molar-refractivity contribution in [3.05, 3.63) is 45.8 Å². The molecule has 4 saturated heterocycles. The topological polar surface area (TPSA) is 83.0 Å². The molecule has 1 aromatic carbocycles. The first-order valence-corrected chi connectivity index (χ1v) is 18.9. The van der Waals surface area contributed by atoms with E-state index in [2.05, 4.69) is 71.6 Å². The number of carbonyl (C=O) groups excluding carboxylic acids is 1. The average Bonchev–Trinajstić information content (AvgIpc) is 3.78. The first-order valence-electron chi connectivity index (χ1n) is 16.3. The summed E-state index contributed by atoms with van der Waals surface area (Å²) in [6.45, 7) is 13.2. The average molecular weight is 625 g/mol. The van der Waals surface area contributed by atoms with Crippen molar-refractivity contribution in [1.29, 1.82) is 0 Å². The van der Waals surface area contributed by atoms with E-state index in [0.717, 1.165) is 82.5 Å². The van der Waals surface area contributed by atoms with Gasteiger partial charge in [0.1, 0.15) is 10.2 Å². The van der Waals surface area contributed by atoms with Gasteiger partial charge in [0.2, 0.25) is 5.91 Å². The van der Waals surface area contributed by atoms with Crippen molar-refractivity contribution in [1.82, 2.24) is 19.7 Å². The largest absolute Gasteiger partial charge is 0.346 e. The molecule has 0 spiro atoms. The monoisotopic (exact) mass is 624 g/mol. The zero-order valence-electron chi connectivity index (χ0n) is 26.2. The van der Waals surface area contributed by atoms with Crippen LogP contribution in [0.1, 0.15) is 73.9 Å². The zero-order chi connectivity index (χ0) is 30.1. The first kappa shape index (κ1) is 29.8. The number of nitrogens with zero attached hydrogens (tertiary/aromatic N) is 3. The van der Waals surface area contributed by atoms with Crippen LogP contribution in [-0.2, 0) is 16.6 Å². The molecule has 7 rings (SSSR count). The number of aromatic amines is 1. The van der Waals surface area contributed by atoms with E-state index in [1.807, 2.05) is 0 Å². The molecule has 43 heavy (non-hydrogen) atoms. The second-order valence-corrected chi connectivity index (χ2v) is 17.6. The Bertz CT molecular complexity index is 1480. The Hall–Kier alpha value is -1.88. The minimum atomic E-state index is -2.47. The predicted molar refractivity (Wildman–Crippen MR) is 179 cm³/mol. The molecule has 6 heterocycles. The number of hydrogen-bond donors (Lipinski definition) is 3. The molecule has 4 fully saturated rings. The molecular weight excluding hydrogens is 577 g/mol. The van der Waals surface area contributed by atoms with E-state index >= 15 is 0 Å². The maximum atomic E-state index is 14.0. The molecule has 7 nitrogen and oxygen atoms in total. The SMILES string of the molecule is Cc1cc(C)cc(-c2[nH]c3sc(C(C)(C)C(=O)N4C5CCC4CC5)cc3c2CCN2CCN(C3CCCS3(O)O)CC2)c1. The molecule has 0 radical (unpaired) electrons. The zero-order valence-corrected chi connectivity index (χ0v) is 27.8. The number of H-pyrrole nitrogens is 1. The van der Waals surface area contributed by atoms with Gasteiger partial charge in [0, 0.05) is 60.8 Å². The molecule has 1 unspecified atom stereocenters. The molecule has 4 aliphatic rings. The van der Waals surface area contributed by atoms with Gasteiger partial charge < -0.3 is 14.8 Å². The highest BCUT2D eigenvalue weighted by atomic mass is 32.3. The van der Waals surface area contributed by atoms with Gasteiger partial charge in [-0.25, -0.2) is 0 Å². The highest BCUT2D eigenvalue weighted by Gasteiger charge is 2.47. The van der Waals surface area contributed by atoms with E-state index in [0.29, 0.717) is 23.7 Å². The number of hydrogen-bond acceptors (Lipinski definition) is 6. The van der Waals surface area contributed by atoms with Crippen molar-refractivity contribution in [3.8, 4) is 11.3 Å². The minimum Gasteiger partial charge on any atom is -0.346 e. The van der Waals surface area contributed by atoms with E-state index in [1.165, 1.54) is 38.2 Å². The van der Waals surface area contributed by atoms with Crippen LogP contribution in [0.4, 0.5) is 0 Å². The summed E-state index contributed by atoms with van der Waals surface area (Å²) >= 11 is 1.76. The molecule has 9 heteroatoms. The van der Waals surface area contributed by atoms with Crippen molar-refractivity contribution in [2.75, 3.05) is 38.5 Å². The molecule has 2 bridgehead atoms. The van der Waals surface area contributed by atoms with Gasteiger partial charge in [-0.15, -0.1) is 11.3 Å². The Morgan fingerprint density at radius 3 is 2.23 bits per heavy atom. The molecule has 0 aliphatic carbocycles. The Kier molecular flexibility index (Phi) is 7.75. The molecule has 3 N–H and O–H groups in total. The number of thiophene rings is 1. The summed E-state index contributed by atoms with van der Waals surface area (Å²) in [5, 5.41) is 1.21. The lowest BCUT2D eigenvalue weighted by atomic mass is 9.88. The van der Waals surface area contributed by atoms with Gasteiger partial charge >= 0.3 is 0 Å². The van der Waals surface area contributed by atoms with E-state index < -0.39 is 16.0 Å². The summed E-state index contributed by atoms with van der Waals surface area (Å²) in [6.07, 6.45) is 7.41. The van der Waals surface area contributed by atoms with Gasteiger partial charge in [-0.1, -0.05) is 17.2 Å². The number of carbonyl (C=O) groups is 1. The van der Waals surface area contributed by atoms with E-state index in [-0.39, 0.29) is 5.37 Å². The molecule has 0 saturated carbocycles. The number of amides is 1. The molecule has 1 atom stereocenters. The van der Waals surface area contributed by atoms with Crippen LogP contribution in [0.2, 0.25) is 0 Å². The predicted octanol–water partition coefficient (Wildman–Crippen LogP) is 6.97. The smallest absolute Gasteiger partial charge is 0.233 e. The molecule has 2 aromatic heterocycles. The number of aromatic nitrogens is 1. The summed E-state index contributed by atoms with van der Waals surface area (Å²) in [6, 6.07) is 9.98. The third-order valence-electron chi connectivity index (χ3n) is 10.8. The third kappa shape index (κ3) is 5.38. The second kappa shape index (κ2) is 11.2. The Morgan fingerprint density at radius 2 is 1.63 bits per heavy atom. The Balaban J connectivity index is 1.14. The lowest BCUT2D eigenvalue weighted by molar-refractivity contribution is -0.137. The van der Waals surface area contributed by atoms with E-state index in [4.69, 9.17) is 0 Å². The van der Waals surface area contributed by atoms with Crippen molar-refractivity contribution < 1.29 is 13.9 Å². The van der Waals surface area contributed by atoms with Crippen LogP contribution in [0.15, 0.2) is 24.3 Å². The maximum Gasteiger partial charge on any atom is 0.233 e. The number of piperazine rings is 1.